The molecule has 3 N–H and O–H groups in total. The summed E-state index contributed by atoms with van der Waals surface area (Å²) in [6, 6.07) is 8.77. The number of oxime groups is 1. The zero-order chi connectivity index (χ0) is 15.9. The van der Waals surface area contributed by atoms with Gasteiger partial charge in [-0.3, -0.25) is 9.69 Å². The van der Waals surface area contributed by atoms with Crippen LogP contribution in [0.3, 0.4) is 0 Å². The number of para-hydroxylation sites is 1. The Kier molecular flexibility index (Phi) is 5.74. The SMILES string of the molecule is CON=C1CC(C(N)=O)N(CC(O)COc2ccccc2)C1. The summed E-state index contributed by atoms with van der Waals surface area (Å²) in [6.07, 6.45) is -0.306. The predicted molar refractivity (Wildman–Crippen MR) is 81.6 cm³/mol. The number of primary amides is 1. The lowest BCUT2D eigenvalue weighted by molar-refractivity contribution is -0.122. The molecule has 1 aromatic rings. The van der Waals surface area contributed by atoms with Gasteiger partial charge >= 0.3 is 0 Å². The Labute approximate surface area is 129 Å². The minimum atomic E-state index is -0.732. The average molecular weight is 307 g/mol. The Balaban J connectivity index is 1.87. The number of nitrogens with two attached hydrogens (primary N) is 1. The summed E-state index contributed by atoms with van der Waals surface area (Å²) in [7, 11) is 1.46. The number of ether oxygens (including phenoxy) is 1. The Morgan fingerprint density at radius 2 is 2.23 bits per heavy atom. The first-order valence-electron chi connectivity index (χ1n) is 7.08. The number of carbonyl (C=O) groups excluding carboxylic acids is 1. The summed E-state index contributed by atoms with van der Waals surface area (Å²) in [5, 5.41) is 14.0. The average Bonchev–Trinajstić information content (AvgIpc) is 2.89. The summed E-state index contributed by atoms with van der Waals surface area (Å²) in [5.41, 5.74) is 6.14. The molecule has 1 amide bonds. The van der Waals surface area contributed by atoms with Crippen LogP contribution >= 0.6 is 0 Å². The van der Waals surface area contributed by atoms with Crippen LogP contribution in [-0.4, -0.2) is 60.6 Å². The first-order valence-corrected chi connectivity index (χ1v) is 7.08. The second-order valence-electron chi connectivity index (χ2n) is 5.17. The van der Waals surface area contributed by atoms with E-state index in [2.05, 4.69) is 5.16 Å². The monoisotopic (exact) mass is 307 g/mol. The summed E-state index contributed by atoms with van der Waals surface area (Å²) in [5.74, 6) is 0.258. The number of carbonyl (C=O) groups is 1. The van der Waals surface area contributed by atoms with Crippen LogP contribution in [0, 0.1) is 0 Å². The largest absolute Gasteiger partial charge is 0.491 e. The van der Waals surface area contributed by atoms with Crippen molar-refractivity contribution in [2.45, 2.75) is 18.6 Å². The predicted octanol–water partition coefficient (Wildman–Crippen LogP) is -0.0117. The number of likely N-dealkylation sites (tertiary alicyclic amines) is 1. The highest BCUT2D eigenvalue weighted by atomic mass is 16.6. The fourth-order valence-electron chi connectivity index (χ4n) is 2.46. The molecule has 0 spiro atoms. The second kappa shape index (κ2) is 7.77. The van der Waals surface area contributed by atoms with Gasteiger partial charge in [0.1, 0.15) is 25.6 Å². The fourth-order valence-corrected chi connectivity index (χ4v) is 2.46. The number of amides is 1. The van der Waals surface area contributed by atoms with Gasteiger partial charge in [0, 0.05) is 19.5 Å². The Morgan fingerprint density at radius 3 is 2.86 bits per heavy atom. The van der Waals surface area contributed by atoms with Gasteiger partial charge in [-0.1, -0.05) is 23.4 Å². The van der Waals surface area contributed by atoms with Gasteiger partial charge in [0.05, 0.1) is 11.8 Å². The maximum atomic E-state index is 11.5. The molecule has 1 fully saturated rings. The van der Waals surface area contributed by atoms with E-state index in [4.69, 9.17) is 15.3 Å². The van der Waals surface area contributed by atoms with E-state index in [-0.39, 0.29) is 13.2 Å². The molecule has 1 heterocycles. The Bertz CT molecular complexity index is 521. The van der Waals surface area contributed by atoms with E-state index < -0.39 is 18.1 Å². The minimum Gasteiger partial charge on any atom is -0.491 e. The first kappa shape index (κ1) is 16.3. The molecule has 7 nitrogen and oxygen atoms in total. The van der Waals surface area contributed by atoms with Crippen LogP contribution in [0.4, 0.5) is 0 Å². The van der Waals surface area contributed by atoms with Crippen molar-refractivity contribution in [2.75, 3.05) is 26.8 Å². The van der Waals surface area contributed by atoms with Crippen molar-refractivity contribution in [1.82, 2.24) is 4.90 Å². The van der Waals surface area contributed by atoms with Crippen LogP contribution in [0.1, 0.15) is 6.42 Å². The quantitative estimate of drug-likeness (QED) is 0.690. The van der Waals surface area contributed by atoms with Gasteiger partial charge in [0.2, 0.25) is 5.91 Å². The van der Waals surface area contributed by atoms with Crippen molar-refractivity contribution in [3.63, 3.8) is 0 Å². The minimum absolute atomic E-state index is 0.142. The van der Waals surface area contributed by atoms with E-state index in [1.54, 1.807) is 4.90 Å². The molecule has 120 valence electrons. The zero-order valence-corrected chi connectivity index (χ0v) is 12.5. The molecule has 1 aliphatic rings. The van der Waals surface area contributed by atoms with Crippen LogP contribution in [0.25, 0.3) is 0 Å². The van der Waals surface area contributed by atoms with Gasteiger partial charge in [-0.05, 0) is 12.1 Å². The van der Waals surface area contributed by atoms with Crippen molar-refractivity contribution in [3.8, 4) is 5.75 Å². The van der Waals surface area contributed by atoms with Gasteiger partial charge in [-0.15, -0.1) is 0 Å². The lowest BCUT2D eigenvalue weighted by Gasteiger charge is -2.24. The molecule has 2 rings (SSSR count). The Hall–Kier alpha value is -2.12. The lowest BCUT2D eigenvalue weighted by Crippen LogP contribution is -2.44. The molecule has 0 saturated carbocycles. The van der Waals surface area contributed by atoms with Crippen molar-refractivity contribution in [3.05, 3.63) is 30.3 Å². The molecular weight excluding hydrogens is 286 g/mol. The highest BCUT2D eigenvalue weighted by Gasteiger charge is 2.34. The van der Waals surface area contributed by atoms with E-state index in [1.807, 2.05) is 30.3 Å². The van der Waals surface area contributed by atoms with Gasteiger partial charge in [-0.2, -0.15) is 0 Å². The summed E-state index contributed by atoms with van der Waals surface area (Å²) in [4.78, 5) is 18.0. The van der Waals surface area contributed by atoms with Crippen molar-refractivity contribution in [2.24, 2.45) is 10.9 Å². The third-order valence-corrected chi connectivity index (χ3v) is 3.44. The fraction of sp³-hybridized carbons (Fsp3) is 0.467. The zero-order valence-electron chi connectivity index (χ0n) is 12.5. The Morgan fingerprint density at radius 1 is 1.50 bits per heavy atom. The van der Waals surface area contributed by atoms with E-state index in [1.165, 1.54) is 7.11 Å². The summed E-state index contributed by atoms with van der Waals surface area (Å²) >= 11 is 0. The molecule has 0 aliphatic carbocycles. The number of hydrogen-bond donors (Lipinski definition) is 2. The molecule has 7 heteroatoms. The van der Waals surface area contributed by atoms with Crippen molar-refractivity contribution >= 4 is 11.6 Å². The third-order valence-electron chi connectivity index (χ3n) is 3.44. The summed E-state index contributed by atoms with van der Waals surface area (Å²) in [6.45, 7) is 0.871. The third kappa shape index (κ3) is 4.44. The number of nitrogens with zero attached hydrogens (tertiary/aromatic N) is 2. The number of rotatable bonds is 7. The van der Waals surface area contributed by atoms with Gasteiger partial charge in [0.15, 0.2) is 0 Å². The highest BCUT2D eigenvalue weighted by Crippen LogP contribution is 2.16. The first-order chi connectivity index (χ1) is 10.6. The van der Waals surface area contributed by atoms with Gasteiger partial charge < -0.3 is 20.4 Å². The molecule has 0 aromatic heterocycles. The lowest BCUT2D eigenvalue weighted by atomic mass is 10.2. The van der Waals surface area contributed by atoms with E-state index in [0.717, 1.165) is 5.71 Å². The van der Waals surface area contributed by atoms with Crippen LogP contribution in [0.2, 0.25) is 0 Å². The second-order valence-corrected chi connectivity index (χ2v) is 5.17. The normalized spacial score (nSPS) is 21.7. The molecule has 0 radical (unpaired) electrons. The standard InChI is InChI=1S/C15H21N3O4/c1-21-17-11-7-14(15(16)20)18(8-11)9-12(19)10-22-13-5-3-2-4-6-13/h2-6,12,14,19H,7-10H2,1H3,(H2,16,20). The van der Waals surface area contributed by atoms with E-state index >= 15 is 0 Å². The number of hydrogen-bond acceptors (Lipinski definition) is 6. The molecule has 0 bridgehead atoms. The molecule has 1 aromatic carbocycles. The number of benzene rings is 1. The maximum Gasteiger partial charge on any atom is 0.235 e. The topological polar surface area (TPSA) is 97.4 Å². The molecule has 1 aliphatic heterocycles. The molecule has 22 heavy (non-hydrogen) atoms. The summed E-state index contributed by atoms with van der Waals surface area (Å²) < 4.78 is 5.50. The maximum absolute atomic E-state index is 11.5. The molecule has 1 saturated heterocycles. The van der Waals surface area contributed by atoms with Crippen molar-refractivity contribution in [1.29, 1.82) is 0 Å². The smallest absolute Gasteiger partial charge is 0.235 e. The van der Waals surface area contributed by atoms with Crippen molar-refractivity contribution < 1.29 is 19.5 Å². The molecule has 2 atom stereocenters. The van der Waals surface area contributed by atoms with E-state index in [0.29, 0.717) is 18.7 Å². The van der Waals surface area contributed by atoms with Crippen LogP contribution in [-0.2, 0) is 9.63 Å². The number of aliphatic hydroxyl groups excluding tert-OH is 1. The van der Waals surface area contributed by atoms with E-state index in [9.17, 15) is 9.90 Å². The van der Waals surface area contributed by atoms with Crippen LogP contribution < -0.4 is 10.5 Å². The van der Waals surface area contributed by atoms with Crippen LogP contribution in [0.5, 0.6) is 5.75 Å². The van der Waals surface area contributed by atoms with Crippen LogP contribution in [0.15, 0.2) is 35.5 Å². The molecular formula is C15H21N3O4. The van der Waals surface area contributed by atoms with Gasteiger partial charge in [-0.25, -0.2) is 0 Å². The number of aliphatic hydroxyl groups is 1. The highest BCUT2D eigenvalue weighted by molar-refractivity contribution is 5.95. The van der Waals surface area contributed by atoms with Gasteiger partial charge in [0.25, 0.3) is 0 Å². The number of β-amino-alcohol motifs (C(OH)–C–C–N with tert-alkyl or cyclic N) is 1. The molecule has 2 unspecified atom stereocenters.